The first-order valence-corrected chi connectivity index (χ1v) is 8.60. The molecule has 0 saturated carbocycles. The molecule has 1 aromatic heterocycles. The fraction of sp³-hybridized carbons (Fsp3) is 0.250. The molecule has 0 radical (unpaired) electrons. The lowest BCUT2D eigenvalue weighted by Gasteiger charge is -2.08. The zero-order valence-corrected chi connectivity index (χ0v) is 16.6. The first-order valence-electron chi connectivity index (χ1n) is 8.60. The monoisotopic (exact) mass is 454 g/mol. The van der Waals surface area contributed by atoms with Gasteiger partial charge in [-0.05, 0) is 42.8 Å². The molecular formula is C20H18BrF3N2O2. The van der Waals surface area contributed by atoms with E-state index in [1.54, 1.807) is 24.3 Å². The minimum atomic E-state index is -2.87. The van der Waals surface area contributed by atoms with Gasteiger partial charge in [0.15, 0.2) is 5.69 Å². The summed E-state index contributed by atoms with van der Waals surface area (Å²) in [6.07, 6.45) is 3.79. The molecule has 0 atom stereocenters. The van der Waals surface area contributed by atoms with Gasteiger partial charge in [-0.15, -0.1) is 0 Å². The third-order valence-electron chi connectivity index (χ3n) is 4.68. The molecule has 2 heterocycles. The van der Waals surface area contributed by atoms with E-state index in [1.165, 1.54) is 25.3 Å². The molecule has 0 saturated heterocycles. The van der Waals surface area contributed by atoms with Gasteiger partial charge in [-0.25, -0.2) is 8.96 Å². The van der Waals surface area contributed by atoms with Gasteiger partial charge >= 0.3 is 6.61 Å². The van der Waals surface area contributed by atoms with Crippen molar-refractivity contribution in [3.8, 4) is 28.4 Å². The van der Waals surface area contributed by atoms with Crippen molar-refractivity contribution in [3.05, 3.63) is 60.3 Å². The Labute approximate surface area is 170 Å². The number of nitrogens with zero attached hydrogens (tertiary/aromatic N) is 2. The average Bonchev–Trinajstić information content (AvgIpc) is 3.23. The Morgan fingerprint density at radius 2 is 1.79 bits per heavy atom. The Bertz CT molecular complexity index is 974. The summed E-state index contributed by atoms with van der Waals surface area (Å²) in [4.78, 5) is 0. The molecule has 4 rings (SSSR count). The van der Waals surface area contributed by atoms with E-state index in [0.717, 1.165) is 30.9 Å². The quantitative estimate of drug-likeness (QED) is 0.540. The molecule has 0 spiro atoms. The van der Waals surface area contributed by atoms with Crippen molar-refractivity contribution in [2.45, 2.75) is 26.0 Å². The zero-order chi connectivity index (χ0) is 19.0. The second-order valence-electron chi connectivity index (χ2n) is 6.28. The van der Waals surface area contributed by atoms with Crippen LogP contribution in [0, 0.1) is 5.82 Å². The minimum absolute atomic E-state index is 0. The fourth-order valence-electron chi connectivity index (χ4n) is 3.49. The highest BCUT2D eigenvalue weighted by Gasteiger charge is 2.30. The van der Waals surface area contributed by atoms with Crippen molar-refractivity contribution in [2.24, 2.45) is 0 Å². The van der Waals surface area contributed by atoms with Crippen LogP contribution in [0.3, 0.4) is 0 Å². The number of halogens is 4. The standard InChI is InChI=1S/C20H18F3N2O2.BrH/c1-26-15-8-9-16(17(21)11-15)18-12-24-10-2-3-19(24)25(18)13-4-6-14(7-5-13)27-20(22)23;/h4-9,11-12,20H,2-3,10H2,1H3;1H/q+1;/p-1. The molecular weight excluding hydrogens is 437 g/mol. The van der Waals surface area contributed by atoms with Gasteiger partial charge < -0.3 is 26.5 Å². The predicted octanol–water partition coefficient (Wildman–Crippen LogP) is 1.13. The molecule has 0 N–H and O–H groups in total. The molecule has 3 aromatic rings. The SMILES string of the molecule is COc1ccc(-c2c[n+]3c(n2-c2ccc(OC(F)F)cc2)CCC3)c(F)c1.[Br-]. The number of benzene rings is 2. The number of aromatic nitrogens is 2. The van der Waals surface area contributed by atoms with Gasteiger partial charge in [0.2, 0.25) is 0 Å². The molecule has 28 heavy (non-hydrogen) atoms. The molecule has 0 aliphatic carbocycles. The number of ether oxygens (including phenoxy) is 2. The topological polar surface area (TPSA) is 27.3 Å². The maximum Gasteiger partial charge on any atom is 0.387 e. The number of rotatable bonds is 5. The number of aryl methyl sites for hydroxylation is 1. The maximum absolute atomic E-state index is 14.7. The number of alkyl halides is 2. The maximum atomic E-state index is 14.7. The summed E-state index contributed by atoms with van der Waals surface area (Å²) in [5.74, 6) is 1.19. The summed E-state index contributed by atoms with van der Waals surface area (Å²) in [5, 5.41) is 0. The van der Waals surface area contributed by atoms with E-state index < -0.39 is 6.61 Å². The summed E-state index contributed by atoms with van der Waals surface area (Å²) in [5.41, 5.74) is 1.91. The van der Waals surface area contributed by atoms with Gasteiger partial charge in [0, 0.05) is 6.07 Å². The van der Waals surface area contributed by atoms with Gasteiger partial charge in [-0.2, -0.15) is 13.3 Å². The number of fused-ring (bicyclic) bond motifs is 1. The smallest absolute Gasteiger partial charge is 0.387 e. The van der Waals surface area contributed by atoms with Crippen molar-refractivity contribution >= 4 is 0 Å². The summed E-state index contributed by atoms with van der Waals surface area (Å²) in [6.45, 7) is -2.01. The Morgan fingerprint density at radius 1 is 1.07 bits per heavy atom. The minimum Gasteiger partial charge on any atom is -1.00 e. The number of methoxy groups -OCH3 is 1. The van der Waals surface area contributed by atoms with Crippen molar-refractivity contribution in [2.75, 3.05) is 7.11 Å². The molecule has 0 unspecified atom stereocenters. The molecule has 4 nitrogen and oxygen atoms in total. The fourth-order valence-corrected chi connectivity index (χ4v) is 3.49. The lowest BCUT2D eigenvalue weighted by atomic mass is 10.1. The van der Waals surface area contributed by atoms with E-state index in [1.807, 2.05) is 10.8 Å². The van der Waals surface area contributed by atoms with E-state index in [0.29, 0.717) is 17.0 Å². The van der Waals surface area contributed by atoms with Crippen molar-refractivity contribution in [1.29, 1.82) is 0 Å². The van der Waals surface area contributed by atoms with Crippen LogP contribution < -0.4 is 31.0 Å². The first-order chi connectivity index (χ1) is 13.1. The van der Waals surface area contributed by atoms with Crippen molar-refractivity contribution in [1.82, 2.24) is 4.57 Å². The van der Waals surface area contributed by atoms with E-state index in [-0.39, 0.29) is 28.5 Å². The molecule has 1 aliphatic heterocycles. The molecule has 148 valence electrons. The first kappa shape index (κ1) is 20.3. The lowest BCUT2D eigenvalue weighted by molar-refractivity contribution is -0.689. The Morgan fingerprint density at radius 3 is 2.43 bits per heavy atom. The molecule has 0 bridgehead atoms. The molecule has 0 fully saturated rings. The third-order valence-corrected chi connectivity index (χ3v) is 4.68. The molecule has 8 heteroatoms. The van der Waals surface area contributed by atoms with Gasteiger partial charge in [0.05, 0.1) is 25.6 Å². The number of imidazole rings is 1. The highest BCUT2D eigenvalue weighted by Crippen LogP contribution is 2.31. The highest BCUT2D eigenvalue weighted by atomic mass is 79.9. The van der Waals surface area contributed by atoms with Crippen LogP contribution in [0.25, 0.3) is 16.9 Å². The molecule has 2 aromatic carbocycles. The van der Waals surface area contributed by atoms with Crippen LogP contribution in [-0.4, -0.2) is 18.3 Å². The molecule has 0 amide bonds. The Kier molecular flexibility index (Phi) is 5.98. The van der Waals surface area contributed by atoms with E-state index in [2.05, 4.69) is 9.30 Å². The highest BCUT2D eigenvalue weighted by molar-refractivity contribution is 5.63. The van der Waals surface area contributed by atoms with Gasteiger partial charge in [-0.3, -0.25) is 0 Å². The van der Waals surface area contributed by atoms with Crippen LogP contribution in [0.1, 0.15) is 12.2 Å². The summed E-state index contributed by atoms with van der Waals surface area (Å²) in [6, 6.07) is 11.1. The van der Waals surface area contributed by atoms with Crippen LogP contribution in [0.4, 0.5) is 13.2 Å². The van der Waals surface area contributed by atoms with Crippen LogP contribution >= 0.6 is 0 Å². The van der Waals surface area contributed by atoms with Gasteiger partial charge in [0.1, 0.15) is 29.2 Å². The second kappa shape index (κ2) is 8.26. The van der Waals surface area contributed by atoms with Crippen LogP contribution in [-0.2, 0) is 13.0 Å². The van der Waals surface area contributed by atoms with E-state index >= 15 is 0 Å². The summed E-state index contributed by atoms with van der Waals surface area (Å²) < 4.78 is 53.0. The van der Waals surface area contributed by atoms with Gasteiger partial charge in [-0.1, -0.05) is 0 Å². The van der Waals surface area contributed by atoms with Crippen LogP contribution in [0.5, 0.6) is 11.5 Å². The normalized spacial score (nSPS) is 12.6. The Hall–Kier alpha value is -2.48. The van der Waals surface area contributed by atoms with Crippen LogP contribution in [0.15, 0.2) is 48.7 Å². The lowest BCUT2D eigenvalue weighted by Crippen LogP contribution is -3.00. The van der Waals surface area contributed by atoms with E-state index in [9.17, 15) is 13.2 Å². The number of hydrogen-bond donors (Lipinski definition) is 0. The largest absolute Gasteiger partial charge is 1.00 e. The molecule has 1 aliphatic rings. The summed E-state index contributed by atoms with van der Waals surface area (Å²) in [7, 11) is 1.49. The van der Waals surface area contributed by atoms with Crippen molar-refractivity contribution < 1.29 is 44.2 Å². The Balaban J connectivity index is 0.00000225. The number of hydrogen-bond acceptors (Lipinski definition) is 2. The third kappa shape index (κ3) is 3.73. The second-order valence-corrected chi connectivity index (χ2v) is 6.28. The summed E-state index contributed by atoms with van der Waals surface area (Å²) >= 11 is 0. The predicted molar refractivity (Wildman–Crippen MR) is 92.9 cm³/mol. The van der Waals surface area contributed by atoms with E-state index in [4.69, 9.17) is 4.74 Å². The van der Waals surface area contributed by atoms with Crippen LogP contribution in [0.2, 0.25) is 0 Å². The van der Waals surface area contributed by atoms with Crippen molar-refractivity contribution in [3.63, 3.8) is 0 Å². The zero-order valence-electron chi connectivity index (χ0n) is 15.0. The average molecular weight is 455 g/mol. The van der Waals surface area contributed by atoms with Gasteiger partial charge in [0.25, 0.3) is 5.82 Å².